The highest BCUT2D eigenvalue weighted by atomic mass is 16.5. The molecule has 1 aliphatic rings. The average Bonchev–Trinajstić information content (AvgIpc) is 3.43. The van der Waals surface area contributed by atoms with Gasteiger partial charge in [0.05, 0.1) is 11.9 Å². The van der Waals surface area contributed by atoms with Crippen molar-refractivity contribution in [3.05, 3.63) is 84.7 Å². The van der Waals surface area contributed by atoms with Crippen LogP contribution in [0.3, 0.4) is 0 Å². The number of para-hydroxylation sites is 1. The smallest absolute Gasteiger partial charge is 0.269 e. The molecule has 0 spiro atoms. The van der Waals surface area contributed by atoms with Crippen molar-refractivity contribution in [3.63, 3.8) is 0 Å². The number of nitrogens with zero attached hydrogens (tertiary/aromatic N) is 4. The molecule has 2 N–H and O–H groups in total. The first-order chi connectivity index (χ1) is 17.0. The fourth-order valence-corrected chi connectivity index (χ4v) is 4.90. The van der Waals surface area contributed by atoms with Crippen LogP contribution < -0.4 is 10.5 Å². The number of piperidine rings is 1. The molecule has 0 aliphatic carbocycles. The van der Waals surface area contributed by atoms with Crippen LogP contribution in [0, 0.1) is 0 Å². The maximum Gasteiger partial charge on any atom is 0.269 e. The molecule has 3 heterocycles. The highest BCUT2D eigenvalue weighted by Crippen LogP contribution is 2.36. The molecule has 2 amide bonds. The minimum atomic E-state index is -0.545. The number of rotatable bonds is 6. The number of fused-ring (bicyclic) bond motifs is 1. The van der Waals surface area contributed by atoms with E-state index < -0.39 is 5.91 Å². The van der Waals surface area contributed by atoms with Crippen molar-refractivity contribution in [3.8, 4) is 22.8 Å². The Morgan fingerprint density at radius 3 is 2.34 bits per heavy atom. The molecule has 0 radical (unpaired) electrons. The van der Waals surface area contributed by atoms with Crippen molar-refractivity contribution in [2.24, 2.45) is 12.8 Å². The van der Waals surface area contributed by atoms with Crippen molar-refractivity contribution in [2.75, 3.05) is 13.1 Å². The van der Waals surface area contributed by atoms with Crippen LogP contribution in [-0.2, 0) is 11.8 Å². The predicted octanol–water partition coefficient (Wildman–Crippen LogP) is 4.12. The van der Waals surface area contributed by atoms with Crippen LogP contribution in [0.15, 0.2) is 73.4 Å². The molecule has 1 aliphatic heterocycles. The quantitative estimate of drug-likeness (QED) is 0.430. The molecule has 8 heteroatoms. The summed E-state index contributed by atoms with van der Waals surface area (Å²) in [6, 6.07) is 17.1. The molecule has 0 unspecified atom stereocenters. The van der Waals surface area contributed by atoms with Gasteiger partial charge < -0.3 is 19.9 Å². The second kappa shape index (κ2) is 9.13. The molecule has 0 atom stereocenters. The number of ether oxygens (including phenoxy) is 1. The van der Waals surface area contributed by atoms with Gasteiger partial charge in [0.1, 0.15) is 17.1 Å². The topological polar surface area (TPSA) is 94.9 Å². The summed E-state index contributed by atoms with van der Waals surface area (Å²) < 4.78 is 9.53. The van der Waals surface area contributed by atoms with Gasteiger partial charge in [-0.25, -0.2) is 4.52 Å². The molecule has 1 fully saturated rings. The van der Waals surface area contributed by atoms with Crippen molar-refractivity contribution >= 4 is 17.5 Å². The highest BCUT2D eigenvalue weighted by molar-refractivity contribution is 5.99. The molecule has 4 aromatic rings. The summed E-state index contributed by atoms with van der Waals surface area (Å²) in [6.07, 6.45) is 4.81. The van der Waals surface area contributed by atoms with E-state index in [1.807, 2.05) is 77.3 Å². The molecule has 2 aromatic carbocycles. The number of hydrogen-bond donors (Lipinski definition) is 1. The third-order valence-corrected chi connectivity index (χ3v) is 6.62. The van der Waals surface area contributed by atoms with E-state index in [1.165, 1.54) is 6.08 Å². The average molecular weight is 470 g/mol. The number of carbonyl (C=O) groups is 2. The number of imidazole rings is 1. The van der Waals surface area contributed by atoms with Gasteiger partial charge in [-0.1, -0.05) is 24.8 Å². The lowest BCUT2D eigenvalue weighted by Crippen LogP contribution is -2.36. The summed E-state index contributed by atoms with van der Waals surface area (Å²) in [4.78, 5) is 26.3. The number of benzene rings is 2. The number of likely N-dealkylation sites (tertiary alicyclic amines) is 1. The molecule has 35 heavy (non-hydrogen) atoms. The fraction of sp³-hybridized carbons (Fsp3) is 0.222. The lowest BCUT2D eigenvalue weighted by molar-refractivity contribution is -0.127. The van der Waals surface area contributed by atoms with Gasteiger partial charge in [0.2, 0.25) is 5.91 Å². The van der Waals surface area contributed by atoms with Gasteiger partial charge in [-0.15, -0.1) is 0 Å². The standard InChI is InChI=1S/C27H27N5O3/c1-3-23(33)31-15-13-18(14-16-31)22-17-29-32-25(26(28)34)24(30(2)27(22)32)19-9-11-21(12-10-19)35-20-7-5-4-6-8-20/h3-12,17-18H,1,13-16H2,2H3,(H2,28,34). The first-order valence-electron chi connectivity index (χ1n) is 11.6. The van der Waals surface area contributed by atoms with Crippen LogP contribution in [0.2, 0.25) is 0 Å². The van der Waals surface area contributed by atoms with Gasteiger partial charge in [-0.05, 0) is 61.2 Å². The zero-order valence-electron chi connectivity index (χ0n) is 19.6. The summed E-state index contributed by atoms with van der Waals surface area (Å²) in [7, 11) is 1.92. The Morgan fingerprint density at radius 1 is 1.06 bits per heavy atom. The maximum atomic E-state index is 12.5. The normalized spacial score (nSPS) is 14.3. The Balaban J connectivity index is 1.48. The Kier molecular flexibility index (Phi) is 5.86. The molecule has 1 saturated heterocycles. The first-order valence-corrected chi connectivity index (χ1v) is 11.6. The Labute approximate surface area is 203 Å². The van der Waals surface area contributed by atoms with Crippen molar-refractivity contribution in [2.45, 2.75) is 18.8 Å². The summed E-state index contributed by atoms with van der Waals surface area (Å²) in [5.74, 6) is 1.09. The van der Waals surface area contributed by atoms with Gasteiger partial charge in [0.25, 0.3) is 5.91 Å². The molecular formula is C27H27N5O3. The van der Waals surface area contributed by atoms with Gasteiger partial charge in [-0.3, -0.25) is 9.59 Å². The molecule has 0 saturated carbocycles. The molecule has 5 rings (SSSR count). The molecule has 2 aromatic heterocycles. The maximum absolute atomic E-state index is 12.5. The van der Waals surface area contributed by atoms with E-state index in [1.54, 1.807) is 4.52 Å². The van der Waals surface area contributed by atoms with Crippen LogP contribution in [-0.4, -0.2) is 44.0 Å². The summed E-state index contributed by atoms with van der Waals surface area (Å²) in [5, 5.41) is 4.54. The SMILES string of the molecule is C=CC(=O)N1CCC(c2cnn3c(C(N)=O)c(-c4ccc(Oc5ccccc5)cc4)n(C)c23)CC1. The van der Waals surface area contributed by atoms with Gasteiger partial charge in [0, 0.05) is 31.3 Å². The molecule has 178 valence electrons. The Morgan fingerprint density at radius 2 is 1.71 bits per heavy atom. The third-order valence-electron chi connectivity index (χ3n) is 6.62. The van der Waals surface area contributed by atoms with Crippen LogP contribution in [0.5, 0.6) is 11.5 Å². The third kappa shape index (κ3) is 4.07. The largest absolute Gasteiger partial charge is 0.457 e. The number of aromatic nitrogens is 3. The first kappa shape index (κ1) is 22.5. The predicted molar refractivity (Wildman–Crippen MR) is 133 cm³/mol. The van der Waals surface area contributed by atoms with E-state index >= 15 is 0 Å². The van der Waals surface area contributed by atoms with E-state index in [0.717, 1.165) is 35.4 Å². The van der Waals surface area contributed by atoms with Crippen molar-refractivity contribution < 1.29 is 14.3 Å². The second-order valence-corrected chi connectivity index (χ2v) is 8.70. The lowest BCUT2D eigenvalue weighted by Gasteiger charge is -2.31. The van der Waals surface area contributed by atoms with Crippen LogP contribution in [0.4, 0.5) is 0 Å². The molecule has 8 nitrogen and oxygen atoms in total. The zero-order valence-corrected chi connectivity index (χ0v) is 19.6. The minimum Gasteiger partial charge on any atom is -0.457 e. The van der Waals surface area contributed by atoms with E-state index in [0.29, 0.717) is 30.2 Å². The number of amides is 2. The van der Waals surface area contributed by atoms with E-state index in [-0.39, 0.29) is 11.8 Å². The van der Waals surface area contributed by atoms with E-state index in [4.69, 9.17) is 10.5 Å². The van der Waals surface area contributed by atoms with Gasteiger partial charge >= 0.3 is 0 Å². The number of aryl methyl sites for hydroxylation is 1. The van der Waals surface area contributed by atoms with Crippen molar-refractivity contribution in [1.29, 1.82) is 0 Å². The number of hydrogen-bond acceptors (Lipinski definition) is 4. The van der Waals surface area contributed by atoms with E-state index in [9.17, 15) is 9.59 Å². The summed E-state index contributed by atoms with van der Waals surface area (Å²) >= 11 is 0. The van der Waals surface area contributed by atoms with Gasteiger partial charge in [-0.2, -0.15) is 5.10 Å². The molecular weight excluding hydrogens is 442 g/mol. The molecule has 0 bridgehead atoms. The summed E-state index contributed by atoms with van der Waals surface area (Å²) in [5.41, 5.74) is 9.59. The number of primary amides is 1. The number of carbonyl (C=O) groups excluding carboxylic acids is 2. The van der Waals surface area contributed by atoms with Crippen molar-refractivity contribution in [1.82, 2.24) is 19.1 Å². The van der Waals surface area contributed by atoms with E-state index in [2.05, 4.69) is 11.7 Å². The lowest BCUT2D eigenvalue weighted by atomic mass is 9.91. The van der Waals surface area contributed by atoms with Gasteiger partial charge in [0.15, 0.2) is 5.69 Å². The second-order valence-electron chi connectivity index (χ2n) is 8.70. The van der Waals surface area contributed by atoms with Crippen LogP contribution in [0.25, 0.3) is 16.9 Å². The monoisotopic (exact) mass is 469 g/mol. The fourth-order valence-electron chi connectivity index (χ4n) is 4.90. The summed E-state index contributed by atoms with van der Waals surface area (Å²) in [6.45, 7) is 4.91. The Hall–Kier alpha value is -4.33. The Bertz CT molecular complexity index is 1390. The number of nitrogens with two attached hydrogens (primary N) is 1. The zero-order chi connectivity index (χ0) is 24.5. The van der Waals surface area contributed by atoms with Crippen LogP contribution in [0.1, 0.15) is 34.8 Å². The highest BCUT2D eigenvalue weighted by Gasteiger charge is 2.29. The minimum absolute atomic E-state index is 0.0412. The van der Waals surface area contributed by atoms with Crippen LogP contribution >= 0.6 is 0 Å².